The van der Waals surface area contributed by atoms with Gasteiger partial charge in [-0.3, -0.25) is 9.59 Å². The molecule has 37 heavy (non-hydrogen) atoms. The maximum absolute atomic E-state index is 13.3. The van der Waals surface area contributed by atoms with Gasteiger partial charge in [0.2, 0.25) is 0 Å². The van der Waals surface area contributed by atoms with Gasteiger partial charge in [-0.1, -0.05) is 43.5 Å². The summed E-state index contributed by atoms with van der Waals surface area (Å²) in [6, 6.07) is 11.8. The van der Waals surface area contributed by atoms with E-state index in [4.69, 9.17) is 16.7 Å². The lowest BCUT2D eigenvalue weighted by Crippen LogP contribution is -2.17. The second kappa shape index (κ2) is 12.5. The summed E-state index contributed by atoms with van der Waals surface area (Å²) < 4.78 is 44.4. The van der Waals surface area contributed by atoms with Crippen molar-refractivity contribution in [2.24, 2.45) is 13.0 Å². The number of alkyl halides is 3. The molecule has 3 aromatic rings. The van der Waals surface area contributed by atoms with Gasteiger partial charge in [0.05, 0.1) is 0 Å². The van der Waals surface area contributed by atoms with E-state index in [2.05, 4.69) is 4.74 Å². The fraction of sp³-hybridized carbons (Fsp3) is 0.429. The van der Waals surface area contributed by atoms with Crippen LogP contribution in [0.1, 0.15) is 67.1 Å². The molecule has 0 unspecified atom stereocenters. The second-order valence-corrected chi connectivity index (χ2v) is 9.92. The van der Waals surface area contributed by atoms with Crippen LogP contribution in [0, 0.1) is 5.92 Å². The summed E-state index contributed by atoms with van der Waals surface area (Å²) >= 11 is 6.04. The molecule has 0 aliphatic heterocycles. The lowest BCUT2D eigenvalue weighted by atomic mass is 9.94. The summed E-state index contributed by atoms with van der Waals surface area (Å²) in [6.07, 6.45) is 0.170. The highest BCUT2D eigenvalue weighted by molar-refractivity contribution is 6.30. The van der Waals surface area contributed by atoms with Gasteiger partial charge in [-0.25, -0.2) is 0 Å². The van der Waals surface area contributed by atoms with E-state index in [-0.39, 0.29) is 18.6 Å². The Balaban J connectivity index is 1.77. The molecule has 1 atom stereocenters. The number of ether oxygens (including phenoxy) is 1. The fourth-order valence-electron chi connectivity index (χ4n) is 4.73. The van der Waals surface area contributed by atoms with Crippen molar-refractivity contribution in [1.29, 1.82) is 0 Å². The first kappa shape index (κ1) is 28.6. The molecule has 1 aromatic heterocycles. The van der Waals surface area contributed by atoms with E-state index in [0.29, 0.717) is 27.9 Å². The van der Waals surface area contributed by atoms with Crippen LogP contribution in [-0.2, 0) is 24.7 Å². The van der Waals surface area contributed by atoms with E-state index < -0.39 is 24.0 Å². The van der Waals surface area contributed by atoms with Crippen LogP contribution in [0.15, 0.2) is 42.5 Å². The van der Waals surface area contributed by atoms with Gasteiger partial charge < -0.3 is 14.4 Å². The highest BCUT2D eigenvalue weighted by Crippen LogP contribution is 2.33. The van der Waals surface area contributed by atoms with E-state index in [9.17, 15) is 22.8 Å². The number of nitrogens with zero attached hydrogens (tertiary/aromatic N) is 1. The molecule has 2 aromatic carbocycles. The molecule has 0 saturated heterocycles. The maximum Gasteiger partial charge on any atom is 0.573 e. The third kappa shape index (κ3) is 8.25. The summed E-state index contributed by atoms with van der Waals surface area (Å²) in [5.41, 5.74) is 2.89. The Hall–Kier alpha value is -3.00. The molecule has 5 nitrogen and oxygen atoms in total. The first-order valence-corrected chi connectivity index (χ1v) is 12.7. The average molecular weight is 538 g/mol. The van der Waals surface area contributed by atoms with E-state index in [1.807, 2.05) is 28.8 Å². The zero-order chi connectivity index (χ0) is 27.2. The van der Waals surface area contributed by atoms with Crippen LogP contribution in [-0.4, -0.2) is 27.8 Å². The highest BCUT2D eigenvalue weighted by atomic mass is 35.5. The molecule has 1 N–H and O–H groups in total. The zero-order valence-corrected chi connectivity index (χ0v) is 21.7. The molecule has 0 spiro atoms. The minimum Gasteiger partial charge on any atom is -0.481 e. The van der Waals surface area contributed by atoms with Gasteiger partial charge in [-0.2, -0.15) is 0 Å². The van der Waals surface area contributed by atoms with Gasteiger partial charge in [-0.15, -0.1) is 13.2 Å². The number of carboxylic acid groups (broad SMARTS) is 1. The summed E-state index contributed by atoms with van der Waals surface area (Å²) in [5.74, 6) is -2.09. The Bertz CT molecular complexity index is 1250. The standard InChI is InChI=1S/C28H31ClF3NO4/c1-18(15-26(35)36)14-25(34)27-22-17-21(37-28(30,31)32)12-13-23(22)33(2)24(27)11-6-4-3-5-8-19-9-7-10-20(29)16-19/h7,9-10,12-13,16-18H,3-6,8,11,14-15H2,1-2H3,(H,35,36)/t18-/m0/s1. The minimum atomic E-state index is -4.85. The van der Waals surface area contributed by atoms with Crippen LogP contribution in [0.5, 0.6) is 5.75 Å². The summed E-state index contributed by atoms with van der Waals surface area (Å²) in [5, 5.41) is 10.2. The first-order valence-electron chi connectivity index (χ1n) is 12.3. The SMILES string of the molecule is C[C@H](CC(=O)O)CC(=O)c1c(CCCCCCc2cccc(Cl)c2)n(C)c2ccc(OC(F)(F)F)cc12. The fourth-order valence-corrected chi connectivity index (χ4v) is 4.95. The molecule has 0 fully saturated rings. The number of carbonyl (C=O) groups is 2. The number of hydrogen-bond donors (Lipinski definition) is 1. The number of benzene rings is 2. The van der Waals surface area contributed by atoms with Crippen molar-refractivity contribution in [3.05, 3.63) is 64.3 Å². The van der Waals surface area contributed by atoms with Crippen LogP contribution in [0.25, 0.3) is 10.9 Å². The topological polar surface area (TPSA) is 68.5 Å². The van der Waals surface area contributed by atoms with Gasteiger partial charge in [0.25, 0.3) is 0 Å². The monoisotopic (exact) mass is 537 g/mol. The second-order valence-electron chi connectivity index (χ2n) is 9.48. The van der Waals surface area contributed by atoms with Crippen molar-refractivity contribution >= 4 is 34.3 Å². The van der Waals surface area contributed by atoms with E-state index in [1.54, 1.807) is 14.0 Å². The number of unbranched alkanes of at least 4 members (excludes halogenated alkanes) is 3. The molecule has 1 heterocycles. The number of aromatic nitrogens is 1. The third-order valence-electron chi connectivity index (χ3n) is 6.38. The smallest absolute Gasteiger partial charge is 0.481 e. The van der Waals surface area contributed by atoms with E-state index >= 15 is 0 Å². The number of carboxylic acids is 1. The Morgan fingerprint density at radius 3 is 2.38 bits per heavy atom. The number of ketones is 1. The quantitative estimate of drug-likeness (QED) is 0.179. The number of carbonyl (C=O) groups excluding carboxylic acids is 1. The average Bonchev–Trinajstić information content (AvgIpc) is 3.05. The largest absolute Gasteiger partial charge is 0.573 e. The number of aliphatic carboxylic acids is 1. The lowest BCUT2D eigenvalue weighted by molar-refractivity contribution is -0.274. The third-order valence-corrected chi connectivity index (χ3v) is 6.61. The van der Waals surface area contributed by atoms with Crippen LogP contribution < -0.4 is 4.74 Å². The number of halogens is 4. The number of aryl methyl sites for hydroxylation is 2. The Morgan fingerprint density at radius 2 is 1.73 bits per heavy atom. The normalized spacial score (nSPS) is 12.6. The van der Waals surface area contributed by atoms with Crippen molar-refractivity contribution in [1.82, 2.24) is 4.57 Å². The zero-order valence-electron chi connectivity index (χ0n) is 20.9. The van der Waals surface area contributed by atoms with Crippen LogP contribution in [0.2, 0.25) is 5.02 Å². The summed E-state index contributed by atoms with van der Waals surface area (Å²) in [6.45, 7) is 1.68. The molecule has 0 aliphatic rings. The molecule has 3 rings (SSSR count). The van der Waals surface area contributed by atoms with Gasteiger partial charge in [-0.05, 0) is 67.5 Å². The Kier molecular flexibility index (Phi) is 9.65. The molecule has 0 amide bonds. The first-order chi connectivity index (χ1) is 17.4. The maximum atomic E-state index is 13.3. The Morgan fingerprint density at radius 1 is 1.03 bits per heavy atom. The number of Topliss-reactive ketones (excluding diaryl/α,β-unsaturated/α-hetero) is 1. The van der Waals surface area contributed by atoms with Crippen molar-refractivity contribution in [3.8, 4) is 5.75 Å². The number of hydrogen-bond acceptors (Lipinski definition) is 3. The van der Waals surface area contributed by atoms with Crippen LogP contribution >= 0.6 is 11.6 Å². The molecular weight excluding hydrogens is 507 g/mol. The van der Waals surface area contributed by atoms with E-state index in [1.165, 1.54) is 23.8 Å². The van der Waals surface area contributed by atoms with Crippen molar-refractivity contribution in [2.45, 2.75) is 64.7 Å². The van der Waals surface area contributed by atoms with Crippen molar-refractivity contribution < 1.29 is 32.6 Å². The lowest BCUT2D eigenvalue weighted by Gasteiger charge is -2.11. The predicted octanol–water partition coefficient (Wildman–Crippen LogP) is 7.76. The summed E-state index contributed by atoms with van der Waals surface area (Å²) in [7, 11) is 1.79. The van der Waals surface area contributed by atoms with Crippen molar-refractivity contribution in [2.75, 3.05) is 0 Å². The van der Waals surface area contributed by atoms with Crippen LogP contribution in [0.4, 0.5) is 13.2 Å². The highest BCUT2D eigenvalue weighted by Gasteiger charge is 2.32. The predicted molar refractivity (Wildman–Crippen MR) is 137 cm³/mol. The van der Waals surface area contributed by atoms with Gasteiger partial charge in [0.1, 0.15) is 5.75 Å². The summed E-state index contributed by atoms with van der Waals surface area (Å²) in [4.78, 5) is 24.4. The van der Waals surface area contributed by atoms with Crippen LogP contribution in [0.3, 0.4) is 0 Å². The molecular formula is C28H31ClF3NO4. The van der Waals surface area contributed by atoms with Gasteiger partial charge in [0.15, 0.2) is 5.78 Å². The van der Waals surface area contributed by atoms with Gasteiger partial charge in [0, 0.05) is 47.1 Å². The number of fused-ring (bicyclic) bond motifs is 1. The number of rotatable bonds is 13. The molecule has 0 radical (unpaired) electrons. The molecule has 0 aliphatic carbocycles. The van der Waals surface area contributed by atoms with Gasteiger partial charge >= 0.3 is 12.3 Å². The molecule has 200 valence electrons. The minimum absolute atomic E-state index is 0.0115. The molecule has 0 saturated carbocycles. The molecule has 9 heteroatoms. The van der Waals surface area contributed by atoms with E-state index in [0.717, 1.165) is 37.8 Å². The molecule has 0 bridgehead atoms. The van der Waals surface area contributed by atoms with Crippen molar-refractivity contribution in [3.63, 3.8) is 0 Å². The Labute approximate surface area is 219 Å².